The Kier molecular flexibility index (Phi) is 3.61. The Morgan fingerprint density at radius 1 is 1.35 bits per heavy atom. The van der Waals surface area contributed by atoms with Crippen molar-refractivity contribution in [2.45, 2.75) is 38.6 Å². The summed E-state index contributed by atoms with van der Waals surface area (Å²) >= 11 is 0. The molecule has 1 aliphatic rings. The lowest BCUT2D eigenvalue weighted by molar-refractivity contribution is 0.0918. The molecular weight excluding hydrogens is 214 g/mol. The average molecular weight is 233 g/mol. The summed E-state index contributed by atoms with van der Waals surface area (Å²) in [5.74, 6) is 1.06. The van der Waals surface area contributed by atoms with E-state index in [-0.39, 0.29) is 5.91 Å². The van der Waals surface area contributed by atoms with Gasteiger partial charge in [-0.2, -0.15) is 0 Å². The summed E-state index contributed by atoms with van der Waals surface area (Å²) in [6.45, 7) is 2.26. The van der Waals surface area contributed by atoms with E-state index in [2.05, 4.69) is 17.2 Å². The molecule has 1 heterocycles. The number of amides is 1. The van der Waals surface area contributed by atoms with Crippen LogP contribution in [0.3, 0.4) is 0 Å². The standard InChI is InChI=1S/C13H19N3O/c1-9-5-7-10(8-6-9)15-13(17)11-3-2-4-12(14)16-11/h2-4,9-10H,5-8H2,1H3,(H2,14,16)(H,15,17). The van der Waals surface area contributed by atoms with Crippen LogP contribution < -0.4 is 11.1 Å². The third-order valence-corrected chi connectivity index (χ3v) is 3.35. The molecule has 1 fully saturated rings. The predicted octanol–water partition coefficient (Wildman–Crippen LogP) is 1.97. The average Bonchev–Trinajstić information content (AvgIpc) is 2.32. The van der Waals surface area contributed by atoms with Gasteiger partial charge in [-0.25, -0.2) is 4.98 Å². The normalized spacial score (nSPS) is 24.3. The molecular formula is C13H19N3O. The second kappa shape index (κ2) is 5.17. The topological polar surface area (TPSA) is 68.0 Å². The summed E-state index contributed by atoms with van der Waals surface area (Å²) in [5.41, 5.74) is 5.96. The molecule has 1 aromatic rings. The van der Waals surface area contributed by atoms with Crippen molar-refractivity contribution >= 4 is 11.7 Å². The molecule has 1 saturated carbocycles. The van der Waals surface area contributed by atoms with Crippen molar-refractivity contribution in [1.29, 1.82) is 0 Å². The van der Waals surface area contributed by atoms with Gasteiger partial charge in [-0.05, 0) is 43.7 Å². The van der Waals surface area contributed by atoms with Crippen molar-refractivity contribution < 1.29 is 4.79 Å². The lowest BCUT2D eigenvalue weighted by atomic mass is 9.87. The number of carbonyl (C=O) groups is 1. The smallest absolute Gasteiger partial charge is 0.270 e. The molecule has 0 spiro atoms. The number of aromatic nitrogens is 1. The molecule has 4 heteroatoms. The van der Waals surface area contributed by atoms with Gasteiger partial charge in [0.15, 0.2) is 0 Å². The number of anilines is 1. The van der Waals surface area contributed by atoms with Gasteiger partial charge < -0.3 is 11.1 Å². The summed E-state index contributed by atoms with van der Waals surface area (Å²) in [7, 11) is 0. The van der Waals surface area contributed by atoms with E-state index < -0.39 is 0 Å². The van der Waals surface area contributed by atoms with Gasteiger partial charge in [-0.3, -0.25) is 4.79 Å². The Morgan fingerprint density at radius 2 is 2.06 bits per heavy atom. The zero-order valence-electron chi connectivity index (χ0n) is 10.1. The van der Waals surface area contributed by atoms with E-state index >= 15 is 0 Å². The van der Waals surface area contributed by atoms with E-state index in [4.69, 9.17) is 5.73 Å². The molecule has 0 aromatic carbocycles. The van der Waals surface area contributed by atoms with Gasteiger partial charge in [0, 0.05) is 6.04 Å². The van der Waals surface area contributed by atoms with Crippen LogP contribution in [0.5, 0.6) is 0 Å². The molecule has 0 saturated heterocycles. The van der Waals surface area contributed by atoms with E-state index in [0.29, 0.717) is 17.6 Å². The molecule has 1 amide bonds. The van der Waals surface area contributed by atoms with Crippen LogP contribution in [0.2, 0.25) is 0 Å². The first-order chi connectivity index (χ1) is 8.15. The number of hydrogen-bond donors (Lipinski definition) is 2. The Hall–Kier alpha value is -1.58. The second-order valence-electron chi connectivity index (χ2n) is 4.88. The van der Waals surface area contributed by atoms with Crippen molar-refractivity contribution in [2.75, 3.05) is 5.73 Å². The maximum atomic E-state index is 11.9. The number of nitrogens with two attached hydrogens (primary N) is 1. The molecule has 3 N–H and O–H groups in total. The summed E-state index contributed by atoms with van der Waals surface area (Å²) in [5, 5.41) is 3.03. The monoisotopic (exact) mass is 233 g/mol. The van der Waals surface area contributed by atoms with E-state index in [9.17, 15) is 4.79 Å². The highest BCUT2D eigenvalue weighted by Crippen LogP contribution is 2.23. The van der Waals surface area contributed by atoms with Gasteiger partial charge in [-0.15, -0.1) is 0 Å². The largest absolute Gasteiger partial charge is 0.384 e. The van der Waals surface area contributed by atoms with E-state index in [0.717, 1.165) is 18.8 Å². The first-order valence-electron chi connectivity index (χ1n) is 6.18. The number of nitrogen functional groups attached to an aromatic ring is 1. The Labute approximate surface area is 102 Å². The van der Waals surface area contributed by atoms with Gasteiger partial charge in [-0.1, -0.05) is 13.0 Å². The minimum atomic E-state index is -0.114. The van der Waals surface area contributed by atoms with Crippen LogP contribution in [0, 0.1) is 5.92 Å². The highest BCUT2D eigenvalue weighted by Gasteiger charge is 2.20. The van der Waals surface area contributed by atoms with Crippen molar-refractivity contribution in [3.05, 3.63) is 23.9 Å². The fraction of sp³-hybridized carbons (Fsp3) is 0.538. The number of rotatable bonds is 2. The van der Waals surface area contributed by atoms with E-state index in [1.165, 1.54) is 12.8 Å². The molecule has 0 aliphatic heterocycles. The van der Waals surface area contributed by atoms with Crippen LogP contribution in [0.15, 0.2) is 18.2 Å². The van der Waals surface area contributed by atoms with Crippen LogP contribution in [0.4, 0.5) is 5.82 Å². The molecule has 17 heavy (non-hydrogen) atoms. The van der Waals surface area contributed by atoms with Gasteiger partial charge in [0.05, 0.1) is 0 Å². The number of pyridine rings is 1. The molecule has 2 rings (SSSR count). The lowest BCUT2D eigenvalue weighted by Gasteiger charge is -2.26. The number of nitrogens with one attached hydrogen (secondary N) is 1. The molecule has 0 radical (unpaired) electrons. The zero-order valence-corrected chi connectivity index (χ0v) is 10.1. The van der Waals surface area contributed by atoms with Crippen LogP contribution in [0.25, 0.3) is 0 Å². The highest BCUT2D eigenvalue weighted by atomic mass is 16.1. The first kappa shape index (κ1) is 11.9. The summed E-state index contributed by atoms with van der Waals surface area (Å²) in [6, 6.07) is 5.41. The number of carbonyl (C=O) groups excluding carboxylic acids is 1. The Morgan fingerprint density at radius 3 is 2.71 bits per heavy atom. The predicted molar refractivity (Wildman–Crippen MR) is 67.5 cm³/mol. The molecule has 0 bridgehead atoms. The lowest BCUT2D eigenvalue weighted by Crippen LogP contribution is -2.37. The molecule has 4 nitrogen and oxygen atoms in total. The second-order valence-corrected chi connectivity index (χ2v) is 4.88. The van der Waals surface area contributed by atoms with Gasteiger partial charge in [0.25, 0.3) is 5.91 Å². The Balaban J connectivity index is 1.93. The van der Waals surface area contributed by atoms with Crippen molar-refractivity contribution in [2.24, 2.45) is 5.92 Å². The van der Waals surface area contributed by atoms with Crippen molar-refractivity contribution in [3.63, 3.8) is 0 Å². The first-order valence-corrected chi connectivity index (χ1v) is 6.18. The van der Waals surface area contributed by atoms with E-state index in [1.54, 1.807) is 18.2 Å². The molecule has 1 aromatic heterocycles. The third-order valence-electron chi connectivity index (χ3n) is 3.35. The minimum Gasteiger partial charge on any atom is -0.384 e. The molecule has 0 unspecified atom stereocenters. The summed E-state index contributed by atoms with van der Waals surface area (Å²) < 4.78 is 0. The summed E-state index contributed by atoms with van der Waals surface area (Å²) in [6.07, 6.45) is 4.51. The van der Waals surface area contributed by atoms with Gasteiger partial charge >= 0.3 is 0 Å². The Bertz CT molecular complexity index is 397. The van der Waals surface area contributed by atoms with Crippen LogP contribution in [-0.2, 0) is 0 Å². The van der Waals surface area contributed by atoms with Gasteiger partial charge in [0.2, 0.25) is 0 Å². The van der Waals surface area contributed by atoms with Crippen molar-refractivity contribution in [3.8, 4) is 0 Å². The molecule has 92 valence electrons. The number of hydrogen-bond acceptors (Lipinski definition) is 3. The van der Waals surface area contributed by atoms with Crippen LogP contribution >= 0.6 is 0 Å². The number of nitrogens with zero attached hydrogens (tertiary/aromatic N) is 1. The van der Waals surface area contributed by atoms with Crippen LogP contribution in [0.1, 0.15) is 43.1 Å². The molecule has 1 aliphatic carbocycles. The highest BCUT2D eigenvalue weighted by molar-refractivity contribution is 5.92. The third kappa shape index (κ3) is 3.19. The van der Waals surface area contributed by atoms with Gasteiger partial charge in [0.1, 0.15) is 11.5 Å². The maximum Gasteiger partial charge on any atom is 0.270 e. The summed E-state index contributed by atoms with van der Waals surface area (Å²) in [4.78, 5) is 15.9. The van der Waals surface area contributed by atoms with Crippen LogP contribution in [-0.4, -0.2) is 16.9 Å². The zero-order chi connectivity index (χ0) is 12.3. The minimum absolute atomic E-state index is 0.114. The van der Waals surface area contributed by atoms with Crippen molar-refractivity contribution in [1.82, 2.24) is 10.3 Å². The molecule has 0 atom stereocenters. The van der Waals surface area contributed by atoms with E-state index in [1.807, 2.05) is 0 Å². The quantitative estimate of drug-likeness (QED) is 0.820. The maximum absolute atomic E-state index is 11.9. The fourth-order valence-electron chi connectivity index (χ4n) is 2.24. The SMILES string of the molecule is CC1CCC(NC(=O)c2cccc(N)n2)CC1. The fourth-order valence-corrected chi connectivity index (χ4v) is 2.24.